The van der Waals surface area contributed by atoms with E-state index in [1.165, 1.54) is 0 Å². The van der Waals surface area contributed by atoms with E-state index >= 15 is 0 Å². The van der Waals surface area contributed by atoms with E-state index in [4.69, 9.17) is 10.3 Å². The molecule has 2 N–H and O–H groups in total. The van der Waals surface area contributed by atoms with E-state index in [2.05, 4.69) is 60.0 Å². The topological polar surface area (TPSA) is 53.0 Å². The number of thiol groups is 2. The summed E-state index contributed by atoms with van der Waals surface area (Å²) in [7, 11) is 4.38. The highest BCUT2D eigenvalue weighted by atomic mass is 32.1. The van der Waals surface area contributed by atoms with Crippen LogP contribution >= 0.6 is 43.2 Å². The van der Waals surface area contributed by atoms with Gasteiger partial charge in [-0.3, -0.25) is 0 Å². The van der Waals surface area contributed by atoms with E-state index in [1.807, 2.05) is 13.8 Å². The minimum absolute atomic E-state index is 0.303. The minimum Gasteiger partial charge on any atom is -0.396 e. The Labute approximate surface area is 140 Å². The van der Waals surface area contributed by atoms with E-state index in [9.17, 15) is 0 Å². The lowest BCUT2D eigenvalue weighted by Gasteiger charge is -1.98. The first-order valence-electron chi connectivity index (χ1n) is 7.71. The lowest BCUT2D eigenvalue weighted by atomic mass is 10.1. The van der Waals surface area contributed by atoms with Crippen molar-refractivity contribution in [2.45, 2.75) is 20.0 Å². The smallest absolute Gasteiger partial charge is 0.210 e. The molecule has 0 saturated carbocycles. The Bertz CT molecular complexity index is 251. The maximum atomic E-state index is 6.41. The first-order chi connectivity index (χ1) is 10.6. The summed E-state index contributed by atoms with van der Waals surface area (Å²) >= 11 is 7.19. The maximum absolute atomic E-state index is 6.41. The molecule has 0 aromatic carbocycles. The van der Waals surface area contributed by atoms with Crippen molar-refractivity contribution in [3.05, 3.63) is 12.7 Å². The molecule has 0 aromatic heterocycles. The van der Waals surface area contributed by atoms with Gasteiger partial charge in [0.1, 0.15) is 0 Å². The second kappa shape index (κ2) is 21.6. The highest BCUT2D eigenvalue weighted by molar-refractivity contribution is 8.20. The molecule has 0 spiro atoms. The quantitative estimate of drug-likeness (QED) is 0.190. The summed E-state index contributed by atoms with van der Waals surface area (Å²) in [6, 6.07) is 0. The van der Waals surface area contributed by atoms with Crippen LogP contribution in [0.25, 0.3) is 0 Å². The van der Waals surface area contributed by atoms with Crippen molar-refractivity contribution >= 4 is 55.7 Å². The lowest BCUT2D eigenvalue weighted by Crippen LogP contribution is -2.07. The number of rotatable bonds is 6. The standard InChI is InChI=1S/C5H10O2.C5H10O.2BH4PS/c1-4(2-6)5-3-7-5;1-3-5(2)4-6;2*2-1-3/h4-6H,2-3H2,1H3;3,5-6H,1,4H2,2H3;2*1,3H,2H2/t4-,5?;5-;;/m01../s1/i2*6T;2*1D. The fourth-order valence-electron chi connectivity index (χ4n) is 0.559. The Hall–Kier alpha value is 1.31. The molecule has 0 aromatic rings. The number of ether oxygens (including phenoxy) is 1. The van der Waals surface area contributed by atoms with Crippen molar-refractivity contribution < 1.29 is 15.0 Å². The molecule has 0 radical (unpaired) electrons. The van der Waals surface area contributed by atoms with Crippen molar-refractivity contribution in [3.8, 4) is 0 Å². The molecule has 5 atom stereocenters. The van der Waals surface area contributed by atoms with Gasteiger partial charge < -0.3 is 15.0 Å². The molecule has 1 fully saturated rings. The zero-order chi connectivity index (χ0) is 18.8. The number of aliphatic hydroxyl groups excluding tert-OH is 2. The van der Waals surface area contributed by atoms with Crippen LogP contribution in [0, 0.1) is 11.8 Å². The van der Waals surface area contributed by atoms with E-state index in [0.29, 0.717) is 31.2 Å². The number of aliphatic hydroxyl groups is 2. The van der Waals surface area contributed by atoms with E-state index in [-0.39, 0.29) is 12.5 Å². The van der Waals surface area contributed by atoms with Crippen molar-refractivity contribution in [2.75, 3.05) is 19.8 Å². The van der Waals surface area contributed by atoms with Gasteiger partial charge in [0.2, 0.25) is 15.3 Å². The van der Waals surface area contributed by atoms with E-state index < -0.39 is 0 Å². The van der Waals surface area contributed by atoms with Gasteiger partial charge in [-0.05, 0) is 8.59 Å². The summed E-state index contributed by atoms with van der Waals surface area (Å²) in [5.41, 5.74) is 0. The summed E-state index contributed by atoms with van der Waals surface area (Å²) in [4.78, 5) is 0. The van der Waals surface area contributed by atoms with Crippen molar-refractivity contribution in [3.63, 3.8) is 0 Å². The molecular weight excluding hydrogens is 316 g/mol. The number of hydrogen-bond donors (Lipinski definition) is 4. The first kappa shape index (κ1) is 16.7. The van der Waals surface area contributed by atoms with Crippen LogP contribution in [0.5, 0.6) is 0 Å². The average molecular weight is 350 g/mol. The highest BCUT2D eigenvalue weighted by Gasteiger charge is 2.28. The van der Waals surface area contributed by atoms with E-state index in [0.717, 1.165) is 6.61 Å². The SMILES string of the molecule is [2H]B(P)S.[2H]B(P)S.[3H]OC[C@H](C)C1CO1.[3H]OC[C@H](C)C=C. The van der Waals surface area contributed by atoms with Crippen molar-refractivity contribution in [2.24, 2.45) is 11.8 Å². The van der Waals surface area contributed by atoms with Crippen LogP contribution in [-0.2, 0) is 4.74 Å². The molecule has 3 nitrogen and oxygen atoms in total. The highest BCUT2D eigenvalue weighted by Crippen LogP contribution is 2.18. The van der Waals surface area contributed by atoms with Gasteiger partial charge in [0.15, 0.2) is 0 Å². The monoisotopic (exact) mass is 350 g/mol. The van der Waals surface area contributed by atoms with Crippen LogP contribution < -0.4 is 0 Å². The Morgan fingerprint density at radius 3 is 2.16 bits per heavy atom. The maximum Gasteiger partial charge on any atom is 0.210 e. The fraction of sp³-hybridized carbons (Fsp3) is 0.800. The lowest BCUT2D eigenvalue weighted by molar-refractivity contribution is 0.205. The second-order valence-corrected chi connectivity index (χ2v) is 6.08. The van der Waals surface area contributed by atoms with Crippen LogP contribution in [0.4, 0.5) is 0 Å². The predicted molar refractivity (Wildman–Crippen MR) is 104 cm³/mol. The third kappa shape index (κ3) is 28.3. The molecule has 0 aliphatic carbocycles. The number of epoxide rings is 1. The molecule has 114 valence electrons. The third-order valence-corrected chi connectivity index (χ3v) is 1.92. The molecule has 3 unspecified atom stereocenters. The average Bonchev–Trinajstić information content (AvgIpc) is 3.23. The van der Waals surface area contributed by atoms with Gasteiger partial charge >= 0.3 is 0 Å². The minimum atomic E-state index is -0.306. The van der Waals surface area contributed by atoms with Crippen molar-refractivity contribution in [1.29, 1.82) is 5.53 Å². The first-order valence-corrected chi connectivity index (χ1v) is 8.11. The molecule has 9 heteroatoms. The summed E-state index contributed by atoms with van der Waals surface area (Å²) in [6.45, 7) is 9.27. The third-order valence-electron chi connectivity index (χ3n) is 1.92. The van der Waals surface area contributed by atoms with Crippen LogP contribution in [0.3, 0.4) is 0 Å². The molecule has 0 bridgehead atoms. The zero-order valence-corrected chi connectivity index (χ0v) is 15.7. The van der Waals surface area contributed by atoms with Gasteiger partial charge in [-0.15, -0.1) is 6.58 Å². The number of hydrogen-bond acceptors (Lipinski definition) is 5. The summed E-state index contributed by atoms with van der Waals surface area (Å²) in [6.07, 6.45) is 1.52. The van der Waals surface area contributed by atoms with Gasteiger partial charge in [0.25, 0.3) is 0 Å². The van der Waals surface area contributed by atoms with Crippen LogP contribution in [0.15, 0.2) is 12.7 Å². The summed E-state index contributed by atoms with van der Waals surface area (Å²) < 4.78 is 30.5. The van der Waals surface area contributed by atoms with Crippen molar-refractivity contribution in [1.82, 2.24) is 0 Å². The molecule has 0 amide bonds. The summed E-state index contributed by atoms with van der Waals surface area (Å²) in [5.74, 6) is 0.699. The van der Waals surface area contributed by atoms with Gasteiger partial charge in [0.05, 0.1) is 12.7 Å². The van der Waals surface area contributed by atoms with Crippen LogP contribution in [0.2, 0.25) is 0 Å². The molecule has 1 heterocycles. The van der Waals surface area contributed by atoms with E-state index in [1.54, 1.807) is 6.08 Å². The zero-order valence-electron chi connectivity index (χ0n) is 15.6. The largest absolute Gasteiger partial charge is 0.396 e. The molecule has 1 aliphatic rings. The molecule has 19 heavy (non-hydrogen) atoms. The van der Waals surface area contributed by atoms with Gasteiger partial charge in [0, 0.05) is 19.1 Å². The van der Waals surface area contributed by atoms with Gasteiger partial charge in [-0.1, -0.05) is 19.9 Å². The molecule has 1 rings (SSSR count). The Balaban J connectivity index is -0.000000245. The molecule has 1 saturated heterocycles. The fourth-order valence-corrected chi connectivity index (χ4v) is 0.559. The Morgan fingerprint density at radius 1 is 1.53 bits per heavy atom. The predicted octanol–water partition coefficient (Wildman–Crippen LogP) is 0.930. The molecule has 1 aliphatic heterocycles. The Morgan fingerprint density at radius 2 is 1.95 bits per heavy atom. The Kier molecular flexibility index (Phi) is 19.0. The van der Waals surface area contributed by atoms with Crippen LogP contribution in [0.1, 0.15) is 13.8 Å². The normalized spacial score (nSPS) is 20.6. The molecular formula is C10H28B2O3P2S2. The summed E-state index contributed by atoms with van der Waals surface area (Å²) in [5, 5.41) is 8.25. The van der Waals surface area contributed by atoms with Crippen LogP contribution in [-0.4, -0.2) is 54.2 Å². The van der Waals surface area contributed by atoms with Gasteiger partial charge in [-0.2, -0.15) is 18.2 Å². The second-order valence-electron chi connectivity index (χ2n) is 3.69. The van der Waals surface area contributed by atoms with Gasteiger partial charge in [-0.25, -0.2) is 25.0 Å².